The first-order valence-corrected chi connectivity index (χ1v) is 10.6. The quantitative estimate of drug-likeness (QED) is 0.261. The molecule has 0 unspecified atom stereocenters. The van der Waals surface area contributed by atoms with Crippen LogP contribution >= 0.6 is 0 Å². The monoisotopic (exact) mass is 432 g/mol. The number of ether oxygens (including phenoxy) is 3. The molecule has 3 rings (SSSR count). The van der Waals surface area contributed by atoms with Gasteiger partial charge in [-0.25, -0.2) is 5.43 Å². The van der Waals surface area contributed by atoms with E-state index in [1.165, 1.54) is 0 Å². The first-order chi connectivity index (χ1) is 15.7. The van der Waals surface area contributed by atoms with Crippen LogP contribution in [-0.4, -0.2) is 32.4 Å². The van der Waals surface area contributed by atoms with Gasteiger partial charge in [-0.1, -0.05) is 61.9 Å². The molecule has 0 bridgehead atoms. The number of hydrogen-bond acceptors (Lipinski definition) is 5. The van der Waals surface area contributed by atoms with Crippen molar-refractivity contribution >= 4 is 12.1 Å². The predicted molar refractivity (Wildman–Crippen MR) is 127 cm³/mol. The second-order valence-corrected chi connectivity index (χ2v) is 7.06. The van der Waals surface area contributed by atoms with Crippen LogP contribution in [0.5, 0.6) is 17.2 Å². The number of unbranched alkanes of at least 4 members (excludes halogenated alkanes) is 1. The first-order valence-electron chi connectivity index (χ1n) is 10.6. The minimum absolute atomic E-state index is 0.144. The van der Waals surface area contributed by atoms with E-state index in [2.05, 4.69) is 17.5 Å². The lowest BCUT2D eigenvalue weighted by Crippen LogP contribution is -2.24. The van der Waals surface area contributed by atoms with E-state index in [0.717, 1.165) is 29.5 Å². The van der Waals surface area contributed by atoms with Crippen LogP contribution in [0.2, 0.25) is 0 Å². The smallest absolute Gasteiger partial charge is 0.277 e. The lowest BCUT2D eigenvalue weighted by molar-refractivity contribution is -0.123. The van der Waals surface area contributed by atoms with Crippen molar-refractivity contribution in [2.24, 2.45) is 5.10 Å². The summed E-state index contributed by atoms with van der Waals surface area (Å²) in [6, 6.07) is 23.0. The normalized spacial score (nSPS) is 10.7. The lowest BCUT2D eigenvalue weighted by Gasteiger charge is -2.11. The van der Waals surface area contributed by atoms with E-state index in [9.17, 15) is 4.79 Å². The van der Waals surface area contributed by atoms with Gasteiger partial charge in [-0.15, -0.1) is 0 Å². The number of hydrazone groups is 1. The zero-order valence-electron chi connectivity index (χ0n) is 18.4. The van der Waals surface area contributed by atoms with E-state index in [-0.39, 0.29) is 12.5 Å². The Kier molecular flexibility index (Phi) is 8.69. The second-order valence-electron chi connectivity index (χ2n) is 7.06. The zero-order valence-corrected chi connectivity index (χ0v) is 18.4. The number of nitrogens with zero attached hydrogens (tertiary/aromatic N) is 1. The summed E-state index contributed by atoms with van der Waals surface area (Å²) in [6.07, 6.45) is 3.60. The Morgan fingerprint density at radius 1 is 0.938 bits per heavy atom. The zero-order chi connectivity index (χ0) is 22.6. The Morgan fingerprint density at radius 3 is 2.50 bits per heavy atom. The van der Waals surface area contributed by atoms with Gasteiger partial charge in [-0.2, -0.15) is 5.10 Å². The van der Waals surface area contributed by atoms with Gasteiger partial charge in [0, 0.05) is 5.56 Å². The minimum Gasteiger partial charge on any atom is -0.493 e. The summed E-state index contributed by atoms with van der Waals surface area (Å²) in [7, 11) is 1.59. The van der Waals surface area contributed by atoms with Crippen LogP contribution in [-0.2, 0) is 4.79 Å². The third kappa shape index (κ3) is 6.60. The van der Waals surface area contributed by atoms with Gasteiger partial charge in [0.2, 0.25) is 0 Å². The highest BCUT2D eigenvalue weighted by Crippen LogP contribution is 2.29. The van der Waals surface area contributed by atoms with E-state index in [4.69, 9.17) is 14.2 Å². The highest BCUT2D eigenvalue weighted by Gasteiger charge is 2.08. The number of methoxy groups -OCH3 is 1. The molecular formula is C26H28N2O4. The maximum atomic E-state index is 12.2. The molecule has 0 heterocycles. The predicted octanol–water partition coefficient (Wildman–Crippen LogP) is 5.07. The first kappa shape index (κ1) is 22.9. The van der Waals surface area contributed by atoms with Crippen LogP contribution in [0.4, 0.5) is 0 Å². The molecule has 1 amide bonds. The summed E-state index contributed by atoms with van der Waals surface area (Å²) in [6.45, 7) is 2.61. The van der Waals surface area contributed by atoms with E-state index in [1.807, 2.05) is 72.8 Å². The topological polar surface area (TPSA) is 69.2 Å². The third-order valence-electron chi connectivity index (χ3n) is 4.68. The largest absolute Gasteiger partial charge is 0.493 e. The van der Waals surface area contributed by atoms with Crippen LogP contribution in [0, 0.1) is 0 Å². The average Bonchev–Trinajstić information content (AvgIpc) is 2.84. The molecule has 0 saturated carbocycles. The Labute approximate surface area is 188 Å². The van der Waals surface area contributed by atoms with Crippen LogP contribution < -0.4 is 19.6 Å². The summed E-state index contributed by atoms with van der Waals surface area (Å²) in [5.41, 5.74) is 5.22. The van der Waals surface area contributed by atoms with Crippen molar-refractivity contribution in [3.8, 4) is 28.4 Å². The van der Waals surface area contributed by atoms with Crippen molar-refractivity contribution in [2.75, 3.05) is 20.3 Å². The van der Waals surface area contributed by atoms with Crippen molar-refractivity contribution in [1.82, 2.24) is 5.43 Å². The van der Waals surface area contributed by atoms with Crippen LogP contribution in [0.25, 0.3) is 11.1 Å². The Hall–Kier alpha value is -3.80. The number of hydrogen-bond donors (Lipinski definition) is 1. The summed E-state index contributed by atoms with van der Waals surface area (Å²) in [5, 5.41) is 4.01. The molecule has 3 aromatic carbocycles. The molecule has 6 nitrogen and oxygen atoms in total. The van der Waals surface area contributed by atoms with E-state index in [1.54, 1.807) is 13.3 Å². The number of benzene rings is 3. The molecule has 0 aliphatic rings. The van der Waals surface area contributed by atoms with Crippen LogP contribution in [0.1, 0.15) is 25.3 Å². The molecule has 0 radical (unpaired) electrons. The standard InChI is InChI=1S/C26H28N2O4/c1-3-4-16-31-24-15-14-20(17-25(24)30-2)18-27-28-26(29)19-32-23-13-9-8-12-22(23)21-10-6-5-7-11-21/h5-15,17-18H,3-4,16,19H2,1-2H3,(H,28,29)/b27-18+. The van der Waals surface area contributed by atoms with Crippen LogP contribution in [0.3, 0.4) is 0 Å². The molecular weight excluding hydrogens is 404 g/mol. The van der Waals surface area contributed by atoms with Crippen molar-refractivity contribution in [1.29, 1.82) is 0 Å². The number of amides is 1. The fourth-order valence-corrected chi connectivity index (χ4v) is 3.01. The number of para-hydroxylation sites is 1. The fraction of sp³-hybridized carbons (Fsp3) is 0.231. The van der Waals surface area contributed by atoms with Crippen molar-refractivity contribution < 1.29 is 19.0 Å². The van der Waals surface area contributed by atoms with E-state index < -0.39 is 0 Å². The van der Waals surface area contributed by atoms with Gasteiger partial charge in [-0.3, -0.25) is 4.79 Å². The number of rotatable bonds is 11. The molecule has 0 saturated heterocycles. The van der Waals surface area contributed by atoms with Gasteiger partial charge in [0.15, 0.2) is 18.1 Å². The van der Waals surface area contributed by atoms with Gasteiger partial charge in [-0.05, 0) is 41.8 Å². The van der Waals surface area contributed by atoms with Gasteiger partial charge in [0.1, 0.15) is 5.75 Å². The summed E-state index contributed by atoms with van der Waals surface area (Å²) >= 11 is 0. The number of carbonyl (C=O) groups is 1. The van der Waals surface area contributed by atoms with Gasteiger partial charge in [0.05, 0.1) is 19.9 Å². The average molecular weight is 433 g/mol. The van der Waals surface area contributed by atoms with Crippen molar-refractivity contribution in [2.45, 2.75) is 19.8 Å². The lowest BCUT2D eigenvalue weighted by atomic mass is 10.1. The van der Waals surface area contributed by atoms with Gasteiger partial charge in [0.25, 0.3) is 5.91 Å². The molecule has 6 heteroatoms. The van der Waals surface area contributed by atoms with Gasteiger partial charge < -0.3 is 14.2 Å². The molecule has 3 aromatic rings. The van der Waals surface area contributed by atoms with Gasteiger partial charge >= 0.3 is 0 Å². The SMILES string of the molecule is CCCCOc1ccc(/C=N/NC(=O)COc2ccccc2-c2ccccc2)cc1OC. The number of nitrogens with one attached hydrogen (secondary N) is 1. The highest BCUT2D eigenvalue weighted by molar-refractivity contribution is 5.84. The van der Waals surface area contributed by atoms with Crippen LogP contribution in [0.15, 0.2) is 77.9 Å². The second kappa shape index (κ2) is 12.2. The fourth-order valence-electron chi connectivity index (χ4n) is 3.01. The van der Waals surface area contributed by atoms with E-state index in [0.29, 0.717) is 23.9 Å². The Balaban J connectivity index is 1.54. The summed E-state index contributed by atoms with van der Waals surface area (Å²) in [4.78, 5) is 12.2. The Morgan fingerprint density at radius 2 is 1.72 bits per heavy atom. The molecule has 1 N–H and O–H groups in total. The number of carbonyl (C=O) groups excluding carboxylic acids is 1. The molecule has 0 fully saturated rings. The third-order valence-corrected chi connectivity index (χ3v) is 4.68. The molecule has 0 atom stereocenters. The highest BCUT2D eigenvalue weighted by atomic mass is 16.5. The maximum absolute atomic E-state index is 12.2. The van der Waals surface area contributed by atoms with E-state index >= 15 is 0 Å². The maximum Gasteiger partial charge on any atom is 0.277 e. The summed E-state index contributed by atoms with van der Waals surface area (Å²) in [5.74, 6) is 1.60. The Bertz CT molecular complexity index is 1040. The molecule has 0 aliphatic heterocycles. The molecule has 0 aromatic heterocycles. The van der Waals surface area contributed by atoms with Crippen molar-refractivity contribution in [3.63, 3.8) is 0 Å². The molecule has 0 spiro atoms. The van der Waals surface area contributed by atoms with Crippen molar-refractivity contribution in [3.05, 3.63) is 78.4 Å². The molecule has 32 heavy (non-hydrogen) atoms. The molecule has 0 aliphatic carbocycles. The molecule has 166 valence electrons. The summed E-state index contributed by atoms with van der Waals surface area (Å²) < 4.78 is 16.8. The minimum atomic E-state index is -0.351.